The fourth-order valence-electron chi connectivity index (χ4n) is 2.85. The van der Waals surface area contributed by atoms with Gasteiger partial charge in [-0.25, -0.2) is 0 Å². The number of aryl methyl sites for hydroxylation is 2. The van der Waals surface area contributed by atoms with Gasteiger partial charge >= 0.3 is 0 Å². The van der Waals surface area contributed by atoms with Crippen LogP contribution >= 0.6 is 0 Å². The molecule has 0 atom stereocenters. The minimum atomic E-state index is -0.0534. The smallest absolute Gasteiger partial charge is 0.255 e. The normalized spacial score (nSPS) is 10.6. The van der Waals surface area contributed by atoms with Gasteiger partial charge in [0.1, 0.15) is 0 Å². The van der Waals surface area contributed by atoms with Crippen molar-refractivity contribution in [1.82, 2.24) is 0 Å². The summed E-state index contributed by atoms with van der Waals surface area (Å²) in [7, 11) is 0. The van der Waals surface area contributed by atoms with Crippen LogP contribution in [0.15, 0.2) is 48.5 Å². The van der Waals surface area contributed by atoms with E-state index in [4.69, 9.17) is 0 Å². The molecule has 0 unspecified atom stereocenters. The molecule has 24 heavy (non-hydrogen) atoms. The maximum atomic E-state index is 12.2. The van der Waals surface area contributed by atoms with E-state index in [1.54, 1.807) is 0 Å². The second-order valence-corrected chi connectivity index (χ2v) is 6.54. The first-order valence-electron chi connectivity index (χ1n) is 9.16. The molecule has 1 N–H and O–H groups in total. The number of hydrogen-bond donors (Lipinski definition) is 1. The van der Waals surface area contributed by atoms with Crippen LogP contribution < -0.4 is 5.32 Å². The maximum absolute atomic E-state index is 12.2. The first kappa shape index (κ1) is 18.3. The molecule has 0 fully saturated rings. The Hall–Kier alpha value is -2.09. The fourth-order valence-corrected chi connectivity index (χ4v) is 2.85. The summed E-state index contributed by atoms with van der Waals surface area (Å²) >= 11 is 0. The van der Waals surface area contributed by atoms with E-state index in [9.17, 15) is 4.79 Å². The molecule has 128 valence electrons. The quantitative estimate of drug-likeness (QED) is 0.551. The summed E-state index contributed by atoms with van der Waals surface area (Å²) in [4.78, 5) is 12.2. The molecular formula is C22H29NO. The van der Waals surface area contributed by atoms with Crippen LogP contribution in [0.4, 0.5) is 5.69 Å². The van der Waals surface area contributed by atoms with Crippen LogP contribution in [0.1, 0.15) is 66.9 Å². The van der Waals surface area contributed by atoms with Crippen molar-refractivity contribution in [3.05, 3.63) is 65.2 Å². The van der Waals surface area contributed by atoms with E-state index < -0.39 is 0 Å². The molecule has 0 aliphatic rings. The second kappa shape index (κ2) is 9.92. The lowest BCUT2D eigenvalue weighted by Gasteiger charge is -2.07. The van der Waals surface area contributed by atoms with Crippen LogP contribution in [0.5, 0.6) is 0 Å². The van der Waals surface area contributed by atoms with Gasteiger partial charge in [0, 0.05) is 11.3 Å². The number of carbonyl (C=O) groups excluding carboxylic acids is 1. The van der Waals surface area contributed by atoms with Crippen molar-refractivity contribution in [3.8, 4) is 0 Å². The number of unbranched alkanes of at least 4 members (excludes halogenated alkanes) is 5. The molecule has 0 saturated carbocycles. The van der Waals surface area contributed by atoms with E-state index in [1.807, 2.05) is 43.3 Å². The highest BCUT2D eigenvalue weighted by atomic mass is 16.1. The van der Waals surface area contributed by atoms with Crippen molar-refractivity contribution in [2.45, 2.75) is 58.8 Å². The average molecular weight is 323 g/mol. The highest BCUT2D eigenvalue weighted by Gasteiger charge is 2.06. The van der Waals surface area contributed by atoms with Gasteiger partial charge in [-0.1, -0.05) is 68.9 Å². The minimum absolute atomic E-state index is 0.0534. The Morgan fingerprint density at radius 2 is 1.62 bits per heavy atom. The number of carbonyl (C=O) groups is 1. The predicted molar refractivity (Wildman–Crippen MR) is 103 cm³/mol. The van der Waals surface area contributed by atoms with Gasteiger partial charge in [-0.15, -0.1) is 0 Å². The summed E-state index contributed by atoms with van der Waals surface area (Å²) in [6, 6.07) is 15.9. The lowest BCUT2D eigenvalue weighted by atomic mass is 10.0. The predicted octanol–water partition coefficient (Wildman–Crippen LogP) is 6.15. The zero-order chi connectivity index (χ0) is 17.2. The van der Waals surface area contributed by atoms with Gasteiger partial charge < -0.3 is 5.32 Å². The molecule has 0 heterocycles. The van der Waals surface area contributed by atoms with Gasteiger partial charge in [-0.05, 0) is 49.6 Å². The van der Waals surface area contributed by atoms with Gasteiger partial charge in [-0.3, -0.25) is 4.79 Å². The summed E-state index contributed by atoms with van der Waals surface area (Å²) in [6.45, 7) is 4.24. The molecule has 2 nitrogen and oxygen atoms in total. The lowest BCUT2D eigenvalue weighted by Crippen LogP contribution is -2.11. The Kier molecular flexibility index (Phi) is 7.54. The number of nitrogens with one attached hydrogen (secondary N) is 1. The molecule has 0 aliphatic heterocycles. The van der Waals surface area contributed by atoms with E-state index in [0.717, 1.165) is 17.7 Å². The van der Waals surface area contributed by atoms with Crippen molar-refractivity contribution < 1.29 is 4.79 Å². The molecule has 2 aromatic carbocycles. The highest BCUT2D eigenvalue weighted by Crippen LogP contribution is 2.15. The minimum Gasteiger partial charge on any atom is -0.322 e. The highest BCUT2D eigenvalue weighted by molar-refractivity contribution is 6.04. The summed E-state index contributed by atoms with van der Waals surface area (Å²) in [5, 5.41) is 2.96. The average Bonchev–Trinajstić information content (AvgIpc) is 2.59. The largest absolute Gasteiger partial charge is 0.322 e. The van der Waals surface area contributed by atoms with Crippen molar-refractivity contribution >= 4 is 11.6 Å². The van der Waals surface area contributed by atoms with E-state index in [-0.39, 0.29) is 5.91 Å². The Morgan fingerprint density at radius 1 is 0.917 bits per heavy atom. The molecule has 2 aromatic rings. The number of hydrogen-bond acceptors (Lipinski definition) is 1. The van der Waals surface area contributed by atoms with Crippen LogP contribution in [0, 0.1) is 6.92 Å². The molecule has 2 rings (SSSR count). The summed E-state index contributed by atoms with van der Waals surface area (Å²) < 4.78 is 0. The zero-order valence-corrected chi connectivity index (χ0v) is 15.0. The number of anilines is 1. The SMILES string of the molecule is CCCCCCCCc1ccc(NC(=O)c2cccc(C)c2)cc1. The molecular weight excluding hydrogens is 294 g/mol. The van der Waals surface area contributed by atoms with Crippen LogP contribution in [0.2, 0.25) is 0 Å². The van der Waals surface area contributed by atoms with E-state index >= 15 is 0 Å². The molecule has 0 aliphatic carbocycles. The molecule has 0 bridgehead atoms. The summed E-state index contributed by atoms with van der Waals surface area (Å²) in [5.74, 6) is -0.0534. The Morgan fingerprint density at radius 3 is 2.33 bits per heavy atom. The van der Waals surface area contributed by atoms with Crippen LogP contribution in [0.3, 0.4) is 0 Å². The standard InChI is InChI=1S/C22H29NO/c1-3-4-5-6-7-8-11-19-13-15-21(16-14-19)23-22(24)20-12-9-10-18(2)17-20/h9-10,12-17H,3-8,11H2,1-2H3,(H,23,24). The van der Waals surface area contributed by atoms with E-state index in [0.29, 0.717) is 5.56 Å². The van der Waals surface area contributed by atoms with Crippen molar-refractivity contribution in [3.63, 3.8) is 0 Å². The molecule has 0 radical (unpaired) electrons. The zero-order valence-electron chi connectivity index (χ0n) is 15.0. The van der Waals surface area contributed by atoms with Gasteiger partial charge in [0.15, 0.2) is 0 Å². The van der Waals surface area contributed by atoms with E-state index in [2.05, 4.69) is 24.4 Å². The van der Waals surface area contributed by atoms with Crippen LogP contribution in [0.25, 0.3) is 0 Å². The Balaban J connectivity index is 1.78. The summed E-state index contributed by atoms with van der Waals surface area (Å²) in [5.41, 5.74) is 4.00. The first-order chi connectivity index (χ1) is 11.7. The third-order valence-electron chi connectivity index (χ3n) is 4.31. The molecule has 2 heteroatoms. The molecule has 0 spiro atoms. The maximum Gasteiger partial charge on any atom is 0.255 e. The van der Waals surface area contributed by atoms with Crippen molar-refractivity contribution in [1.29, 1.82) is 0 Å². The van der Waals surface area contributed by atoms with E-state index in [1.165, 1.54) is 44.1 Å². The molecule has 0 saturated heterocycles. The number of rotatable bonds is 9. The topological polar surface area (TPSA) is 29.1 Å². The first-order valence-corrected chi connectivity index (χ1v) is 9.16. The van der Waals surface area contributed by atoms with Gasteiger partial charge in [0.2, 0.25) is 0 Å². The van der Waals surface area contributed by atoms with Crippen molar-refractivity contribution in [2.75, 3.05) is 5.32 Å². The fraction of sp³-hybridized carbons (Fsp3) is 0.409. The third kappa shape index (κ3) is 6.19. The number of benzene rings is 2. The Labute approximate surface area is 146 Å². The van der Waals surface area contributed by atoms with Gasteiger partial charge in [0.05, 0.1) is 0 Å². The van der Waals surface area contributed by atoms with Crippen molar-refractivity contribution in [2.24, 2.45) is 0 Å². The number of amides is 1. The Bertz CT molecular complexity index is 631. The van der Waals surface area contributed by atoms with Crippen LogP contribution in [-0.2, 0) is 6.42 Å². The second-order valence-electron chi connectivity index (χ2n) is 6.54. The van der Waals surface area contributed by atoms with Crippen LogP contribution in [-0.4, -0.2) is 5.91 Å². The summed E-state index contributed by atoms with van der Waals surface area (Å²) in [6.07, 6.45) is 9.05. The lowest BCUT2D eigenvalue weighted by molar-refractivity contribution is 0.102. The molecule has 1 amide bonds. The van der Waals surface area contributed by atoms with Gasteiger partial charge in [-0.2, -0.15) is 0 Å². The van der Waals surface area contributed by atoms with Gasteiger partial charge in [0.25, 0.3) is 5.91 Å². The monoisotopic (exact) mass is 323 g/mol. The molecule has 0 aromatic heterocycles. The third-order valence-corrected chi connectivity index (χ3v) is 4.31.